The molecule has 0 saturated heterocycles. The fraction of sp³-hybridized carbons (Fsp3) is 0.300. The smallest absolute Gasteiger partial charge is 0.135 e. The molecule has 2 rings (SSSR count). The summed E-state index contributed by atoms with van der Waals surface area (Å²) in [5.74, 6) is 0. The lowest BCUT2D eigenvalue weighted by atomic mass is 10.1. The number of hydrogen-bond donors (Lipinski definition) is 0. The highest BCUT2D eigenvalue weighted by Crippen LogP contribution is 2.25. The van der Waals surface area contributed by atoms with Gasteiger partial charge in [-0.3, -0.25) is 4.68 Å². The van der Waals surface area contributed by atoms with Crippen LogP contribution in [0.3, 0.4) is 0 Å². The fourth-order valence-corrected chi connectivity index (χ4v) is 1.92. The van der Waals surface area contributed by atoms with Crippen molar-refractivity contribution in [2.75, 3.05) is 0 Å². The second-order valence-electron chi connectivity index (χ2n) is 3.08. The predicted octanol–water partition coefficient (Wildman–Crippen LogP) is 3.02. The van der Waals surface area contributed by atoms with Crippen LogP contribution in [0.25, 0.3) is 10.9 Å². The number of halogens is 1. The Bertz CT molecular complexity index is 445. The molecule has 0 aliphatic heterocycles. The Balaban J connectivity index is 2.85. The van der Waals surface area contributed by atoms with E-state index in [1.165, 1.54) is 5.56 Å². The van der Waals surface area contributed by atoms with Gasteiger partial charge in [-0.2, -0.15) is 5.10 Å². The van der Waals surface area contributed by atoms with E-state index in [0.29, 0.717) is 0 Å². The molecule has 1 aromatic carbocycles. The summed E-state index contributed by atoms with van der Waals surface area (Å²) in [4.78, 5) is 0. The van der Waals surface area contributed by atoms with E-state index in [9.17, 15) is 0 Å². The van der Waals surface area contributed by atoms with Crippen LogP contribution in [-0.4, -0.2) is 9.78 Å². The van der Waals surface area contributed by atoms with Gasteiger partial charge in [0.25, 0.3) is 0 Å². The summed E-state index contributed by atoms with van der Waals surface area (Å²) in [6.07, 6.45) is 0. The van der Waals surface area contributed by atoms with Crippen molar-refractivity contribution in [2.45, 2.75) is 20.4 Å². The number of benzene rings is 1. The summed E-state index contributed by atoms with van der Waals surface area (Å²) >= 11 is 6.16. The number of rotatable bonds is 1. The minimum absolute atomic E-state index is 0.746. The molecule has 0 unspecified atom stereocenters. The Labute approximate surface area is 82.1 Å². The third-order valence-electron chi connectivity index (χ3n) is 2.21. The van der Waals surface area contributed by atoms with Crippen molar-refractivity contribution in [3.8, 4) is 0 Å². The number of aromatic nitrogens is 2. The molecule has 0 fully saturated rings. The molecular formula is C10H11ClN2. The summed E-state index contributed by atoms with van der Waals surface area (Å²) in [6, 6.07) is 6.04. The first-order valence-electron chi connectivity index (χ1n) is 4.35. The maximum absolute atomic E-state index is 6.16. The van der Waals surface area contributed by atoms with Crippen LogP contribution < -0.4 is 0 Å². The Kier molecular flexibility index (Phi) is 2.00. The molecular weight excluding hydrogens is 184 g/mol. The second-order valence-corrected chi connectivity index (χ2v) is 3.43. The van der Waals surface area contributed by atoms with Crippen LogP contribution in [0.2, 0.25) is 5.15 Å². The van der Waals surface area contributed by atoms with Gasteiger partial charge in [0.2, 0.25) is 0 Å². The van der Waals surface area contributed by atoms with Crippen molar-refractivity contribution in [1.82, 2.24) is 9.78 Å². The summed E-state index contributed by atoms with van der Waals surface area (Å²) in [5, 5.41) is 6.20. The van der Waals surface area contributed by atoms with Crippen LogP contribution >= 0.6 is 11.6 Å². The predicted molar refractivity (Wildman–Crippen MR) is 55.2 cm³/mol. The summed E-state index contributed by atoms with van der Waals surface area (Å²) in [5.41, 5.74) is 2.16. The number of fused-ring (bicyclic) bond motifs is 1. The van der Waals surface area contributed by atoms with E-state index in [2.05, 4.69) is 18.1 Å². The molecule has 0 aliphatic rings. The van der Waals surface area contributed by atoms with E-state index in [-0.39, 0.29) is 0 Å². The van der Waals surface area contributed by atoms with Crippen molar-refractivity contribution >= 4 is 22.5 Å². The third-order valence-corrected chi connectivity index (χ3v) is 2.60. The fourth-order valence-electron chi connectivity index (χ4n) is 1.52. The molecule has 3 heteroatoms. The molecule has 1 aromatic heterocycles. The monoisotopic (exact) mass is 194 g/mol. The minimum Gasteiger partial charge on any atom is -0.253 e. The maximum atomic E-state index is 6.16. The highest BCUT2D eigenvalue weighted by atomic mass is 35.5. The molecule has 0 N–H and O–H groups in total. The Morgan fingerprint density at radius 1 is 1.46 bits per heavy atom. The average molecular weight is 195 g/mol. The standard InChI is InChI=1S/C10H11ClN2/c1-3-13-10(11)9-7(2)5-4-6-8(9)12-13/h4-6H,3H2,1-2H3. The first-order valence-corrected chi connectivity index (χ1v) is 4.73. The average Bonchev–Trinajstić information content (AvgIpc) is 2.44. The van der Waals surface area contributed by atoms with E-state index in [0.717, 1.165) is 22.6 Å². The molecule has 68 valence electrons. The highest BCUT2D eigenvalue weighted by Gasteiger charge is 2.08. The van der Waals surface area contributed by atoms with Crippen molar-refractivity contribution in [3.63, 3.8) is 0 Å². The van der Waals surface area contributed by atoms with E-state index in [1.54, 1.807) is 0 Å². The lowest BCUT2D eigenvalue weighted by Crippen LogP contribution is -1.94. The summed E-state index contributed by atoms with van der Waals surface area (Å²) < 4.78 is 1.82. The Morgan fingerprint density at radius 3 is 2.85 bits per heavy atom. The number of nitrogens with zero attached hydrogens (tertiary/aromatic N) is 2. The molecule has 0 radical (unpaired) electrons. The zero-order valence-electron chi connectivity index (χ0n) is 7.71. The topological polar surface area (TPSA) is 17.8 Å². The van der Waals surface area contributed by atoms with Gasteiger partial charge in [-0.1, -0.05) is 23.7 Å². The van der Waals surface area contributed by atoms with Crippen LogP contribution in [0, 0.1) is 6.92 Å². The Morgan fingerprint density at radius 2 is 2.23 bits per heavy atom. The van der Waals surface area contributed by atoms with Crippen LogP contribution in [0.5, 0.6) is 0 Å². The van der Waals surface area contributed by atoms with Crippen molar-refractivity contribution < 1.29 is 0 Å². The molecule has 0 saturated carbocycles. The summed E-state index contributed by atoms with van der Waals surface area (Å²) in [6.45, 7) is 4.90. The van der Waals surface area contributed by atoms with Crippen LogP contribution in [-0.2, 0) is 6.54 Å². The van der Waals surface area contributed by atoms with Gasteiger partial charge in [0.05, 0.1) is 5.52 Å². The van der Waals surface area contributed by atoms with Crippen LogP contribution in [0.1, 0.15) is 12.5 Å². The molecule has 2 nitrogen and oxygen atoms in total. The third kappa shape index (κ3) is 1.22. The molecule has 0 aliphatic carbocycles. The molecule has 13 heavy (non-hydrogen) atoms. The second kappa shape index (κ2) is 3.04. The normalized spacial score (nSPS) is 11.0. The lowest BCUT2D eigenvalue weighted by Gasteiger charge is -1.96. The maximum Gasteiger partial charge on any atom is 0.135 e. The first-order chi connectivity index (χ1) is 6.24. The largest absolute Gasteiger partial charge is 0.253 e. The van der Waals surface area contributed by atoms with Gasteiger partial charge >= 0.3 is 0 Å². The van der Waals surface area contributed by atoms with Gasteiger partial charge in [0, 0.05) is 11.9 Å². The van der Waals surface area contributed by atoms with Gasteiger partial charge < -0.3 is 0 Å². The molecule has 2 aromatic rings. The molecule has 1 heterocycles. The minimum atomic E-state index is 0.746. The molecule has 0 amide bonds. The Hall–Kier alpha value is -1.02. The summed E-state index contributed by atoms with van der Waals surface area (Å²) in [7, 11) is 0. The van der Waals surface area contributed by atoms with Gasteiger partial charge in [0.15, 0.2) is 0 Å². The molecule has 0 spiro atoms. The van der Waals surface area contributed by atoms with E-state index in [4.69, 9.17) is 11.6 Å². The van der Waals surface area contributed by atoms with Crippen LogP contribution in [0.15, 0.2) is 18.2 Å². The van der Waals surface area contributed by atoms with E-state index in [1.807, 2.05) is 23.7 Å². The van der Waals surface area contributed by atoms with Gasteiger partial charge in [0.1, 0.15) is 5.15 Å². The van der Waals surface area contributed by atoms with Gasteiger partial charge in [-0.25, -0.2) is 0 Å². The number of aryl methyl sites for hydroxylation is 2. The van der Waals surface area contributed by atoms with Crippen molar-refractivity contribution in [1.29, 1.82) is 0 Å². The van der Waals surface area contributed by atoms with Crippen molar-refractivity contribution in [3.05, 3.63) is 28.9 Å². The van der Waals surface area contributed by atoms with Gasteiger partial charge in [-0.05, 0) is 25.5 Å². The van der Waals surface area contributed by atoms with Crippen molar-refractivity contribution in [2.24, 2.45) is 0 Å². The molecule has 0 atom stereocenters. The zero-order chi connectivity index (χ0) is 9.42. The first kappa shape index (κ1) is 8.57. The quantitative estimate of drug-likeness (QED) is 0.683. The van der Waals surface area contributed by atoms with E-state index >= 15 is 0 Å². The zero-order valence-corrected chi connectivity index (χ0v) is 8.47. The lowest BCUT2D eigenvalue weighted by molar-refractivity contribution is 0.669. The SMILES string of the molecule is CCn1nc2cccc(C)c2c1Cl. The highest BCUT2D eigenvalue weighted by molar-refractivity contribution is 6.34. The van der Waals surface area contributed by atoms with E-state index < -0.39 is 0 Å². The number of hydrogen-bond acceptors (Lipinski definition) is 1. The molecule has 0 bridgehead atoms. The van der Waals surface area contributed by atoms with Crippen LogP contribution in [0.4, 0.5) is 0 Å². The van der Waals surface area contributed by atoms with Gasteiger partial charge in [-0.15, -0.1) is 0 Å².